The Bertz CT molecular complexity index is 451. The van der Waals surface area contributed by atoms with Gasteiger partial charge in [0, 0.05) is 4.83 Å². The summed E-state index contributed by atoms with van der Waals surface area (Å²) in [7, 11) is 0. The van der Waals surface area contributed by atoms with Crippen LogP contribution in [0.3, 0.4) is 0 Å². The third-order valence-corrected chi connectivity index (χ3v) is 8.50. The minimum Gasteiger partial charge on any atom is -0.386 e. The van der Waals surface area contributed by atoms with Crippen LogP contribution in [0.25, 0.3) is 0 Å². The maximum atomic E-state index is 10.3. The predicted octanol–water partition coefficient (Wildman–Crippen LogP) is 5.88. The van der Waals surface area contributed by atoms with Crippen LogP contribution in [0.2, 0.25) is 0 Å². The summed E-state index contributed by atoms with van der Waals surface area (Å²) < 4.78 is 0. The summed E-state index contributed by atoms with van der Waals surface area (Å²) in [4.78, 5) is 0.612. The first-order valence-electron chi connectivity index (χ1n) is 8.72. The Balaban J connectivity index is 2.25. The van der Waals surface area contributed by atoms with E-state index < -0.39 is 5.60 Å². The molecule has 0 unspecified atom stereocenters. The Morgan fingerprint density at radius 3 is 2.59 bits per heavy atom. The van der Waals surface area contributed by atoms with Gasteiger partial charge >= 0.3 is 0 Å². The number of alkyl halides is 1. The Hall–Kier alpha value is -0.0800. The van der Waals surface area contributed by atoms with Gasteiger partial charge in [-0.25, -0.2) is 0 Å². The Kier molecular flexibility index (Phi) is 5.06. The van der Waals surface area contributed by atoms with Crippen molar-refractivity contribution < 1.29 is 5.11 Å². The molecule has 0 aliphatic heterocycles. The molecule has 0 heterocycles. The molecular weight excluding hydrogens is 336 g/mol. The van der Waals surface area contributed by atoms with Crippen LogP contribution in [0.4, 0.5) is 0 Å². The van der Waals surface area contributed by atoms with Crippen molar-refractivity contribution in [2.24, 2.45) is 22.7 Å². The molecule has 126 valence electrons. The highest BCUT2D eigenvalue weighted by Crippen LogP contribution is 2.63. The summed E-state index contributed by atoms with van der Waals surface area (Å²) in [5.74, 6) is 1.25. The molecule has 2 aliphatic rings. The molecule has 2 rings (SSSR count). The lowest BCUT2D eigenvalue weighted by Crippen LogP contribution is -2.53. The van der Waals surface area contributed by atoms with Crippen molar-refractivity contribution in [3.05, 3.63) is 24.8 Å². The van der Waals surface area contributed by atoms with E-state index in [1.165, 1.54) is 24.8 Å². The fourth-order valence-corrected chi connectivity index (χ4v) is 5.76. The molecule has 2 fully saturated rings. The minimum absolute atomic E-state index is 0.320. The molecule has 22 heavy (non-hydrogen) atoms. The molecule has 0 amide bonds. The van der Waals surface area contributed by atoms with Crippen molar-refractivity contribution in [1.29, 1.82) is 0 Å². The first-order chi connectivity index (χ1) is 10.0. The average molecular weight is 369 g/mol. The van der Waals surface area contributed by atoms with Gasteiger partial charge in [0.15, 0.2) is 0 Å². The van der Waals surface area contributed by atoms with E-state index in [1.54, 1.807) is 6.08 Å². The normalized spacial score (nSPS) is 40.6. The topological polar surface area (TPSA) is 20.2 Å². The van der Waals surface area contributed by atoms with E-state index in [0.717, 1.165) is 25.2 Å². The number of fused-ring (bicyclic) bond motifs is 1. The molecule has 0 spiro atoms. The summed E-state index contributed by atoms with van der Waals surface area (Å²) in [5, 5.41) is 10.3. The van der Waals surface area contributed by atoms with Gasteiger partial charge in [0.25, 0.3) is 0 Å². The summed E-state index contributed by atoms with van der Waals surface area (Å²) in [6.45, 7) is 17.4. The molecule has 0 saturated heterocycles. The van der Waals surface area contributed by atoms with E-state index in [-0.39, 0.29) is 0 Å². The molecule has 0 bridgehead atoms. The molecule has 5 atom stereocenters. The van der Waals surface area contributed by atoms with Crippen LogP contribution >= 0.6 is 15.9 Å². The highest BCUT2D eigenvalue weighted by Gasteiger charge is 2.55. The SMILES string of the molecule is C=C[C@@](C)(O)CC[C@@H]1C(=C)CC[C@@H]2C(C)(C)[C@H](Br)CC[C@]12C. The fraction of sp³-hybridized carbons (Fsp3) is 0.800. The summed E-state index contributed by atoms with van der Waals surface area (Å²) in [6, 6.07) is 0. The summed E-state index contributed by atoms with van der Waals surface area (Å²) in [6.07, 6.45) is 8.38. The van der Waals surface area contributed by atoms with Gasteiger partial charge in [-0.05, 0) is 68.1 Å². The maximum Gasteiger partial charge on any atom is 0.0797 e. The van der Waals surface area contributed by atoms with E-state index in [4.69, 9.17) is 0 Å². The van der Waals surface area contributed by atoms with Gasteiger partial charge in [0.05, 0.1) is 5.60 Å². The molecule has 2 aliphatic carbocycles. The first-order valence-corrected chi connectivity index (χ1v) is 9.64. The number of allylic oxidation sites excluding steroid dienone is 1. The standard InChI is InChI=1S/C20H33BrO/c1-7-19(5,22)12-10-15-14(2)8-9-16-18(3,4)17(21)11-13-20(15,16)6/h7,15-17,22H,1-2,8-13H2,3-6H3/t15-,16-,17-,19-,20-/m1/s1. The second-order valence-corrected chi connectivity index (χ2v) is 9.84. The van der Waals surface area contributed by atoms with Crippen molar-refractivity contribution in [2.45, 2.75) is 76.6 Å². The third kappa shape index (κ3) is 3.11. The van der Waals surface area contributed by atoms with Crippen LogP contribution in [0.5, 0.6) is 0 Å². The molecule has 0 radical (unpaired) electrons. The zero-order valence-electron chi connectivity index (χ0n) is 14.8. The number of halogens is 1. The van der Waals surface area contributed by atoms with Gasteiger partial charge in [0.1, 0.15) is 0 Å². The number of hydrogen-bond donors (Lipinski definition) is 1. The van der Waals surface area contributed by atoms with Crippen LogP contribution in [0.15, 0.2) is 24.8 Å². The molecule has 2 heteroatoms. The third-order valence-electron chi connectivity index (χ3n) is 6.86. The zero-order valence-corrected chi connectivity index (χ0v) is 16.4. The highest BCUT2D eigenvalue weighted by molar-refractivity contribution is 9.09. The zero-order chi connectivity index (χ0) is 16.8. The van der Waals surface area contributed by atoms with E-state index in [0.29, 0.717) is 21.6 Å². The summed E-state index contributed by atoms with van der Waals surface area (Å²) >= 11 is 3.94. The smallest absolute Gasteiger partial charge is 0.0797 e. The minimum atomic E-state index is -0.758. The van der Waals surface area contributed by atoms with Crippen LogP contribution in [-0.4, -0.2) is 15.5 Å². The van der Waals surface area contributed by atoms with Crippen LogP contribution in [0.1, 0.15) is 66.2 Å². The molecule has 1 nitrogen and oxygen atoms in total. The van der Waals surface area contributed by atoms with Crippen molar-refractivity contribution >= 4 is 15.9 Å². The Morgan fingerprint density at radius 2 is 2.00 bits per heavy atom. The lowest BCUT2D eigenvalue weighted by atomic mass is 9.47. The quantitative estimate of drug-likeness (QED) is 0.485. The van der Waals surface area contributed by atoms with E-state index >= 15 is 0 Å². The predicted molar refractivity (Wildman–Crippen MR) is 99.2 cm³/mol. The average Bonchev–Trinajstić information content (AvgIpc) is 2.42. The van der Waals surface area contributed by atoms with Gasteiger partial charge in [-0.15, -0.1) is 6.58 Å². The largest absolute Gasteiger partial charge is 0.386 e. The molecular formula is C20H33BrO. The van der Waals surface area contributed by atoms with Gasteiger partial charge in [-0.1, -0.05) is 54.9 Å². The van der Waals surface area contributed by atoms with Crippen molar-refractivity contribution in [2.75, 3.05) is 0 Å². The lowest BCUT2D eigenvalue weighted by Gasteiger charge is -2.59. The molecule has 2 saturated carbocycles. The maximum absolute atomic E-state index is 10.3. The number of aliphatic hydroxyl groups is 1. The lowest BCUT2D eigenvalue weighted by molar-refractivity contribution is -0.0531. The molecule has 1 N–H and O–H groups in total. The van der Waals surface area contributed by atoms with E-state index in [9.17, 15) is 5.11 Å². The Labute approximate surface area is 145 Å². The van der Waals surface area contributed by atoms with Gasteiger partial charge in [0.2, 0.25) is 0 Å². The van der Waals surface area contributed by atoms with Crippen LogP contribution in [-0.2, 0) is 0 Å². The van der Waals surface area contributed by atoms with E-state index in [1.807, 2.05) is 6.92 Å². The van der Waals surface area contributed by atoms with Gasteiger partial charge in [-0.2, -0.15) is 0 Å². The second kappa shape index (κ2) is 6.09. The van der Waals surface area contributed by atoms with Crippen LogP contribution < -0.4 is 0 Å². The van der Waals surface area contributed by atoms with E-state index in [2.05, 4.69) is 49.9 Å². The molecule has 0 aromatic carbocycles. The first kappa shape index (κ1) is 18.3. The van der Waals surface area contributed by atoms with Crippen molar-refractivity contribution in [3.8, 4) is 0 Å². The fourth-order valence-electron chi connectivity index (χ4n) is 5.21. The molecule has 0 aromatic rings. The van der Waals surface area contributed by atoms with Crippen LogP contribution in [0, 0.1) is 22.7 Å². The highest BCUT2D eigenvalue weighted by atomic mass is 79.9. The monoisotopic (exact) mass is 368 g/mol. The number of rotatable bonds is 4. The number of hydrogen-bond acceptors (Lipinski definition) is 1. The Morgan fingerprint density at radius 1 is 1.36 bits per heavy atom. The van der Waals surface area contributed by atoms with Gasteiger partial charge in [-0.3, -0.25) is 0 Å². The summed E-state index contributed by atoms with van der Waals surface area (Å²) in [5.41, 5.74) is 1.29. The van der Waals surface area contributed by atoms with Crippen molar-refractivity contribution in [3.63, 3.8) is 0 Å². The van der Waals surface area contributed by atoms with Crippen molar-refractivity contribution in [1.82, 2.24) is 0 Å². The van der Waals surface area contributed by atoms with Gasteiger partial charge < -0.3 is 5.11 Å². The second-order valence-electron chi connectivity index (χ2n) is 8.74. The molecule has 0 aromatic heterocycles.